The molecule has 1 saturated heterocycles. The maximum absolute atomic E-state index is 11.7. The fraction of sp³-hybridized carbons (Fsp3) is 0.909. The summed E-state index contributed by atoms with van der Waals surface area (Å²) in [6.45, 7) is 5.62. The van der Waals surface area contributed by atoms with E-state index in [-0.39, 0.29) is 18.5 Å². The molecule has 7 nitrogen and oxygen atoms in total. The Bertz CT molecular complexity index is 402. The van der Waals surface area contributed by atoms with Crippen molar-refractivity contribution in [3.63, 3.8) is 0 Å². The van der Waals surface area contributed by atoms with Crippen molar-refractivity contribution in [2.45, 2.75) is 31.8 Å². The molecule has 0 aromatic rings. The summed E-state index contributed by atoms with van der Waals surface area (Å²) < 4.78 is 30.0. The minimum Gasteiger partial charge on any atom is -0.378 e. The number of morpholine rings is 1. The summed E-state index contributed by atoms with van der Waals surface area (Å²) in [6, 6.07) is 0.0275. The molecule has 1 amide bonds. The highest BCUT2D eigenvalue weighted by molar-refractivity contribution is 7.88. The lowest BCUT2D eigenvalue weighted by Crippen LogP contribution is -2.52. The Labute approximate surface area is 114 Å². The predicted octanol–water partition coefficient (Wildman–Crippen LogP) is -1.19. The zero-order chi connectivity index (χ0) is 14.5. The van der Waals surface area contributed by atoms with Gasteiger partial charge in [0.2, 0.25) is 15.9 Å². The minimum absolute atomic E-state index is 0.0275. The first-order valence-corrected chi connectivity index (χ1v) is 8.14. The van der Waals surface area contributed by atoms with Gasteiger partial charge < -0.3 is 15.4 Å². The fourth-order valence-electron chi connectivity index (χ4n) is 1.90. The number of amides is 1. The molecule has 0 aromatic heterocycles. The van der Waals surface area contributed by atoms with Crippen molar-refractivity contribution in [2.24, 2.45) is 0 Å². The summed E-state index contributed by atoms with van der Waals surface area (Å²) in [7, 11) is -3.29. The summed E-state index contributed by atoms with van der Waals surface area (Å²) in [5, 5.41) is 5.92. The summed E-state index contributed by atoms with van der Waals surface area (Å²) in [4.78, 5) is 11.7. The van der Waals surface area contributed by atoms with Gasteiger partial charge in [-0.05, 0) is 13.8 Å². The highest BCUT2D eigenvalue weighted by atomic mass is 32.2. The lowest BCUT2D eigenvalue weighted by Gasteiger charge is -2.27. The van der Waals surface area contributed by atoms with Crippen molar-refractivity contribution in [3.05, 3.63) is 0 Å². The van der Waals surface area contributed by atoms with Crippen LogP contribution in [0.3, 0.4) is 0 Å². The van der Waals surface area contributed by atoms with Gasteiger partial charge >= 0.3 is 0 Å². The van der Waals surface area contributed by atoms with E-state index >= 15 is 0 Å². The van der Waals surface area contributed by atoms with Crippen LogP contribution in [0.25, 0.3) is 0 Å². The number of ether oxygens (including phenoxy) is 1. The van der Waals surface area contributed by atoms with Gasteiger partial charge in [0.1, 0.15) is 0 Å². The van der Waals surface area contributed by atoms with Gasteiger partial charge in [-0.3, -0.25) is 4.79 Å². The molecule has 0 radical (unpaired) electrons. The third-order valence-corrected chi connectivity index (χ3v) is 3.54. The molecule has 1 rings (SSSR count). The molecule has 0 saturated carbocycles. The van der Waals surface area contributed by atoms with Gasteiger partial charge in [-0.2, -0.15) is 0 Å². The largest absolute Gasteiger partial charge is 0.378 e. The monoisotopic (exact) mass is 293 g/mol. The molecule has 1 heterocycles. The zero-order valence-corrected chi connectivity index (χ0v) is 12.5. The number of rotatable bonds is 6. The lowest BCUT2D eigenvalue weighted by molar-refractivity contribution is -0.122. The topological polar surface area (TPSA) is 96.5 Å². The van der Waals surface area contributed by atoms with Crippen molar-refractivity contribution in [3.8, 4) is 0 Å². The van der Waals surface area contributed by atoms with Crippen LogP contribution in [0.1, 0.15) is 20.3 Å². The maximum Gasteiger partial charge on any atom is 0.221 e. The van der Waals surface area contributed by atoms with E-state index < -0.39 is 15.6 Å². The molecule has 3 N–H and O–H groups in total. The van der Waals surface area contributed by atoms with Gasteiger partial charge in [0.25, 0.3) is 0 Å². The Hall–Kier alpha value is -0.700. The normalized spacial score (nSPS) is 21.1. The van der Waals surface area contributed by atoms with Gasteiger partial charge in [0.05, 0.1) is 19.5 Å². The van der Waals surface area contributed by atoms with Crippen LogP contribution in [-0.2, 0) is 19.6 Å². The van der Waals surface area contributed by atoms with Crippen LogP contribution in [0.5, 0.6) is 0 Å². The number of nitrogens with one attached hydrogen (secondary N) is 3. The molecule has 19 heavy (non-hydrogen) atoms. The van der Waals surface area contributed by atoms with Crippen LogP contribution in [-0.4, -0.2) is 58.5 Å². The second kappa shape index (κ2) is 6.65. The van der Waals surface area contributed by atoms with Gasteiger partial charge in [0.15, 0.2) is 0 Å². The Morgan fingerprint density at radius 1 is 1.47 bits per heavy atom. The number of sulfonamides is 1. The van der Waals surface area contributed by atoms with Crippen molar-refractivity contribution in [2.75, 3.05) is 32.6 Å². The molecule has 1 aliphatic heterocycles. The van der Waals surface area contributed by atoms with E-state index in [4.69, 9.17) is 4.74 Å². The van der Waals surface area contributed by atoms with E-state index in [1.165, 1.54) is 0 Å². The highest BCUT2D eigenvalue weighted by Crippen LogP contribution is 2.03. The van der Waals surface area contributed by atoms with Crippen LogP contribution in [0, 0.1) is 0 Å². The second-order valence-electron chi connectivity index (χ2n) is 5.46. The van der Waals surface area contributed by atoms with E-state index in [9.17, 15) is 13.2 Å². The molecule has 1 fully saturated rings. The lowest BCUT2D eigenvalue weighted by atomic mass is 10.1. The molecule has 112 valence electrons. The summed E-state index contributed by atoms with van der Waals surface area (Å²) in [5.41, 5.74) is -0.709. The Balaban J connectivity index is 2.32. The number of hydrogen-bond acceptors (Lipinski definition) is 5. The first-order valence-electron chi connectivity index (χ1n) is 6.25. The summed E-state index contributed by atoms with van der Waals surface area (Å²) in [5.74, 6) is -0.119. The molecule has 1 unspecified atom stereocenters. The molecule has 0 spiro atoms. The molecule has 8 heteroatoms. The van der Waals surface area contributed by atoms with E-state index in [2.05, 4.69) is 15.4 Å². The average Bonchev–Trinajstić information content (AvgIpc) is 2.25. The summed E-state index contributed by atoms with van der Waals surface area (Å²) >= 11 is 0. The Morgan fingerprint density at radius 2 is 2.16 bits per heavy atom. The van der Waals surface area contributed by atoms with Gasteiger partial charge in [-0.25, -0.2) is 13.1 Å². The fourth-order valence-corrected chi connectivity index (χ4v) is 2.98. The number of carbonyl (C=O) groups is 1. The van der Waals surface area contributed by atoms with Gasteiger partial charge in [-0.1, -0.05) is 0 Å². The highest BCUT2D eigenvalue weighted by Gasteiger charge is 2.23. The molecule has 1 atom stereocenters. The minimum atomic E-state index is -3.29. The Morgan fingerprint density at radius 3 is 2.68 bits per heavy atom. The van der Waals surface area contributed by atoms with Crippen molar-refractivity contribution < 1.29 is 17.9 Å². The van der Waals surface area contributed by atoms with Crippen LogP contribution >= 0.6 is 0 Å². The standard InChI is InChI=1S/C11H23N3O4S/c1-11(2,14-19(3,16)17)8-13-10(15)6-9-7-18-5-4-12-9/h9,12,14H,4-8H2,1-3H3,(H,13,15). The number of hydrogen-bond donors (Lipinski definition) is 3. The van der Waals surface area contributed by atoms with Crippen molar-refractivity contribution in [1.82, 2.24) is 15.4 Å². The SMILES string of the molecule is CC(C)(CNC(=O)CC1COCCN1)NS(C)(=O)=O. The van der Waals surface area contributed by atoms with E-state index in [1.54, 1.807) is 13.8 Å². The molecular formula is C11H23N3O4S. The molecule has 0 bridgehead atoms. The maximum atomic E-state index is 11.7. The van der Waals surface area contributed by atoms with Crippen molar-refractivity contribution in [1.29, 1.82) is 0 Å². The van der Waals surface area contributed by atoms with Gasteiger partial charge in [0, 0.05) is 31.1 Å². The van der Waals surface area contributed by atoms with Crippen LogP contribution in [0.2, 0.25) is 0 Å². The predicted molar refractivity (Wildman–Crippen MR) is 72.3 cm³/mol. The quantitative estimate of drug-likeness (QED) is 0.572. The van der Waals surface area contributed by atoms with Crippen LogP contribution in [0.15, 0.2) is 0 Å². The first-order chi connectivity index (χ1) is 8.68. The first kappa shape index (κ1) is 16.4. The Kier molecular flexibility index (Phi) is 5.72. The smallest absolute Gasteiger partial charge is 0.221 e. The molecule has 0 aliphatic carbocycles. The zero-order valence-electron chi connectivity index (χ0n) is 11.7. The molecule has 0 aromatic carbocycles. The van der Waals surface area contributed by atoms with Gasteiger partial charge in [-0.15, -0.1) is 0 Å². The second-order valence-corrected chi connectivity index (χ2v) is 7.21. The van der Waals surface area contributed by atoms with Crippen LogP contribution in [0.4, 0.5) is 0 Å². The third kappa shape index (κ3) is 7.46. The van der Waals surface area contributed by atoms with E-state index in [0.717, 1.165) is 12.8 Å². The average molecular weight is 293 g/mol. The van der Waals surface area contributed by atoms with Crippen LogP contribution < -0.4 is 15.4 Å². The third-order valence-electron chi connectivity index (χ3n) is 2.62. The van der Waals surface area contributed by atoms with E-state index in [0.29, 0.717) is 19.6 Å². The summed E-state index contributed by atoms with van der Waals surface area (Å²) in [6.07, 6.45) is 1.43. The van der Waals surface area contributed by atoms with Crippen molar-refractivity contribution >= 4 is 15.9 Å². The number of carbonyl (C=O) groups excluding carboxylic acids is 1. The molecular weight excluding hydrogens is 270 g/mol. The van der Waals surface area contributed by atoms with E-state index in [1.807, 2.05) is 0 Å². The molecule has 1 aliphatic rings.